The quantitative estimate of drug-likeness (QED) is 0.730. The van der Waals surface area contributed by atoms with Gasteiger partial charge in [0.05, 0.1) is 17.7 Å². The highest BCUT2D eigenvalue weighted by Crippen LogP contribution is 2.23. The second kappa shape index (κ2) is 2.90. The van der Waals surface area contributed by atoms with Crippen LogP contribution in [-0.2, 0) is 5.41 Å². The lowest BCUT2D eigenvalue weighted by atomic mass is 9.95. The molecule has 0 spiro atoms. The Morgan fingerprint density at radius 2 is 2.00 bits per heavy atom. The van der Waals surface area contributed by atoms with Crippen LogP contribution in [-0.4, -0.2) is 16.7 Å². The van der Waals surface area contributed by atoms with Crippen molar-refractivity contribution in [3.05, 3.63) is 17.3 Å². The SMILES string of the molecule is Cc1nc(C(C)(C)CO)oc1C. The summed E-state index contributed by atoms with van der Waals surface area (Å²) in [4.78, 5) is 4.23. The van der Waals surface area contributed by atoms with Crippen LogP contribution in [0.5, 0.6) is 0 Å². The Morgan fingerprint density at radius 1 is 1.42 bits per heavy atom. The van der Waals surface area contributed by atoms with Gasteiger partial charge >= 0.3 is 0 Å². The van der Waals surface area contributed by atoms with Crippen LogP contribution in [0.1, 0.15) is 31.2 Å². The third-order valence-corrected chi connectivity index (χ3v) is 2.00. The van der Waals surface area contributed by atoms with Crippen molar-refractivity contribution in [1.82, 2.24) is 4.98 Å². The third-order valence-electron chi connectivity index (χ3n) is 2.00. The van der Waals surface area contributed by atoms with E-state index in [1.807, 2.05) is 27.7 Å². The van der Waals surface area contributed by atoms with E-state index in [9.17, 15) is 0 Å². The molecule has 0 unspecified atom stereocenters. The molecule has 3 heteroatoms. The van der Waals surface area contributed by atoms with Gasteiger partial charge in [0.25, 0.3) is 0 Å². The van der Waals surface area contributed by atoms with E-state index in [4.69, 9.17) is 9.52 Å². The van der Waals surface area contributed by atoms with Gasteiger partial charge < -0.3 is 9.52 Å². The van der Waals surface area contributed by atoms with Gasteiger partial charge in [0.15, 0.2) is 0 Å². The van der Waals surface area contributed by atoms with Crippen LogP contribution in [0.15, 0.2) is 4.42 Å². The molecule has 0 aliphatic rings. The lowest BCUT2D eigenvalue weighted by molar-refractivity contribution is 0.191. The van der Waals surface area contributed by atoms with Crippen LogP contribution in [0.2, 0.25) is 0 Å². The number of aromatic nitrogens is 1. The molecule has 1 heterocycles. The minimum absolute atomic E-state index is 0.0480. The largest absolute Gasteiger partial charge is 0.445 e. The predicted molar refractivity (Wildman–Crippen MR) is 46.1 cm³/mol. The van der Waals surface area contributed by atoms with Crippen LogP contribution in [0.4, 0.5) is 0 Å². The summed E-state index contributed by atoms with van der Waals surface area (Å²) in [6, 6.07) is 0. The minimum atomic E-state index is -0.376. The Kier molecular flexibility index (Phi) is 2.24. The highest BCUT2D eigenvalue weighted by atomic mass is 16.4. The molecule has 0 atom stereocenters. The van der Waals surface area contributed by atoms with Crippen molar-refractivity contribution in [3.8, 4) is 0 Å². The zero-order chi connectivity index (χ0) is 9.35. The van der Waals surface area contributed by atoms with Crippen molar-refractivity contribution in [3.63, 3.8) is 0 Å². The molecule has 0 radical (unpaired) electrons. The fourth-order valence-electron chi connectivity index (χ4n) is 0.830. The second-order valence-corrected chi connectivity index (χ2v) is 3.70. The Morgan fingerprint density at radius 3 is 2.33 bits per heavy atom. The average Bonchev–Trinajstić information content (AvgIpc) is 2.33. The number of rotatable bonds is 2. The van der Waals surface area contributed by atoms with E-state index < -0.39 is 0 Å². The number of aryl methyl sites for hydroxylation is 2. The zero-order valence-electron chi connectivity index (χ0n) is 8.01. The number of hydrogen-bond donors (Lipinski definition) is 1. The van der Waals surface area contributed by atoms with Gasteiger partial charge in [0.2, 0.25) is 5.89 Å². The summed E-state index contributed by atoms with van der Waals surface area (Å²) in [5, 5.41) is 9.05. The fraction of sp³-hybridized carbons (Fsp3) is 0.667. The number of aliphatic hydroxyl groups is 1. The van der Waals surface area contributed by atoms with Crippen molar-refractivity contribution in [2.75, 3.05) is 6.61 Å². The van der Waals surface area contributed by atoms with Crippen LogP contribution in [0, 0.1) is 13.8 Å². The molecule has 12 heavy (non-hydrogen) atoms. The maximum Gasteiger partial charge on any atom is 0.202 e. The zero-order valence-corrected chi connectivity index (χ0v) is 8.01. The van der Waals surface area contributed by atoms with Crippen LogP contribution < -0.4 is 0 Å². The third kappa shape index (κ3) is 1.50. The molecule has 3 nitrogen and oxygen atoms in total. The van der Waals surface area contributed by atoms with E-state index in [-0.39, 0.29) is 12.0 Å². The average molecular weight is 169 g/mol. The van der Waals surface area contributed by atoms with Crippen LogP contribution >= 0.6 is 0 Å². The molecule has 68 valence electrons. The summed E-state index contributed by atoms with van der Waals surface area (Å²) in [5.41, 5.74) is 0.519. The van der Waals surface area contributed by atoms with Gasteiger partial charge in [-0.25, -0.2) is 4.98 Å². The van der Waals surface area contributed by atoms with Gasteiger partial charge in [-0.1, -0.05) is 0 Å². The molecule has 0 aliphatic carbocycles. The summed E-state index contributed by atoms with van der Waals surface area (Å²) in [7, 11) is 0. The van der Waals surface area contributed by atoms with Crippen molar-refractivity contribution in [2.45, 2.75) is 33.1 Å². The van der Waals surface area contributed by atoms with Crippen molar-refractivity contribution < 1.29 is 9.52 Å². The van der Waals surface area contributed by atoms with Crippen molar-refractivity contribution >= 4 is 0 Å². The predicted octanol–water partition coefficient (Wildman–Crippen LogP) is 1.56. The molecule has 0 amide bonds. The highest BCUT2D eigenvalue weighted by molar-refractivity contribution is 5.10. The van der Waals surface area contributed by atoms with E-state index in [1.165, 1.54) is 0 Å². The smallest absolute Gasteiger partial charge is 0.202 e. The van der Waals surface area contributed by atoms with Gasteiger partial charge in [-0.2, -0.15) is 0 Å². The Hall–Kier alpha value is -0.830. The molecule has 0 aliphatic heterocycles. The van der Waals surface area contributed by atoms with Crippen molar-refractivity contribution in [1.29, 1.82) is 0 Å². The molecular weight excluding hydrogens is 154 g/mol. The van der Waals surface area contributed by atoms with Gasteiger partial charge in [0.1, 0.15) is 5.76 Å². The molecule has 0 saturated heterocycles. The molecule has 1 rings (SSSR count). The monoisotopic (exact) mass is 169 g/mol. The van der Waals surface area contributed by atoms with E-state index in [2.05, 4.69) is 4.98 Å². The van der Waals surface area contributed by atoms with Crippen molar-refractivity contribution in [2.24, 2.45) is 0 Å². The molecule has 0 saturated carbocycles. The highest BCUT2D eigenvalue weighted by Gasteiger charge is 2.25. The van der Waals surface area contributed by atoms with Crippen LogP contribution in [0.25, 0.3) is 0 Å². The lowest BCUT2D eigenvalue weighted by Crippen LogP contribution is -2.22. The normalized spacial score (nSPS) is 12.1. The first kappa shape index (κ1) is 9.26. The van der Waals surface area contributed by atoms with Crippen LogP contribution in [0.3, 0.4) is 0 Å². The maximum atomic E-state index is 9.05. The van der Waals surface area contributed by atoms with E-state index in [0.717, 1.165) is 11.5 Å². The first-order valence-electron chi connectivity index (χ1n) is 4.03. The summed E-state index contributed by atoms with van der Waals surface area (Å²) >= 11 is 0. The molecule has 0 aromatic carbocycles. The molecule has 1 aromatic heterocycles. The number of aliphatic hydroxyl groups excluding tert-OH is 1. The molecule has 1 N–H and O–H groups in total. The van der Waals surface area contributed by atoms with E-state index >= 15 is 0 Å². The molecule has 0 bridgehead atoms. The Labute approximate surface area is 72.4 Å². The minimum Gasteiger partial charge on any atom is -0.445 e. The summed E-state index contributed by atoms with van der Waals surface area (Å²) in [5.74, 6) is 1.44. The standard InChI is InChI=1S/C9H15NO2/c1-6-7(2)12-8(10-6)9(3,4)5-11/h11H,5H2,1-4H3. The van der Waals surface area contributed by atoms with Gasteiger partial charge in [-0.3, -0.25) is 0 Å². The van der Waals surface area contributed by atoms with Gasteiger partial charge in [-0.15, -0.1) is 0 Å². The van der Waals surface area contributed by atoms with Gasteiger partial charge in [-0.05, 0) is 27.7 Å². The first-order valence-corrected chi connectivity index (χ1v) is 4.03. The summed E-state index contributed by atoms with van der Waals surface area (Å²) < 4.78 is 5.40. The topological polar surface area (TPSA) is 46.3 Å². The molecule has 0 fully saturated rings. The Balaban J connectivity index is 3.04. The fourth-order valence-corrected chi connectivity index (χ4v) is 0.830. The van der Waals surface area contributed by atoms with E-state index in [0.29, 0.717) is 5.89 Å². The number of oxazole rings is 1. The first-order chi connectivity index (χ1) is 5.47. The Bertz CT molecular complexity index is 257. The summed E-state index contributed by atoms with van der Waals surface area (Å²) in [6.07, 6.45) is 0. The maximum absolute atomic E-state index is 9.05. The van der Waals surface area contributed by atoms with Gasteiger partial charge in [0, 0.05) is 0 Å². The van der Waals surface area contributed by atoms with E-state index in [1.54, 1.807) is 0 Å². The number of hydrogen-bond acceptors (Lipinski definition) is 3. The molecular formula is C9H15NO2. The second-order valence-electron chi connectivity index (χ2n) is 3.70. The molecule has 1 aromatic rings. The number of nitrogens with zero attached hydrogens (tertiary/aromatic N) is 1. The summed E-state index contributed by atoms with van der Waals surface area (Å²) in [6.45, 7) is 7.62. The lowest BCUT2D eigenvalue weighted by Gasteiger charge is -2.16.